The lowest BCUT2D eigenvalue weighted by Crippen LogP contribution is -2.10. The van der Waals surface area contributed by atoms with Crippen molar-refractivity contribution in [3.63, 3.8) is 0 Å². The van der Waals surface area contributed by atoms with E-state index >= 15 is 0 Å². The molecule has 0 bridgehead atoms. The Bertz CT molecular complexity index is 287. The summed E-state index contributed by atoms with van der Waals surface area (Å²) in [5.41, 5.74) is 2.81. The summed E-state index contributed by atoms with van der Waals surface area (Å²) in [6, 6.07) is 8.96. The topological polar surface area (TPSA) is 0 Å². The first-order valence-electron chi connectivity index (χ1n) is 5.79. The molecule has 0 nitrogen and oxygen atoms in total. The van der Waals surface area contributed by atoms with E-state index in [4.69, 9.17) is 0 Å². The molecule has 1 aromatic carbocycles. The van der Waals surface area contributed by atoms with Gasteiger partial charge >= 0.3 is 0 Å². The Kier molecular flexibility index (Phi) is 4.85. The third-order valence-electron chi connectivity index (χ3n) is 3.22. The largest absolute Gasteiger partial charge is 0.0836 e. The molecule has 1 heteroatoms. The van der Waals surface area contributed by atoms with Crippen molar-refractivity contribution in [3.8, 4) is 0 Å². The van der Waals surface area contributed by atoms with E-state index in [1.807, 2.05) is 0 Å². The van der Waals surface area contributed by atoms with Crippen LogP contribution < -0.4 is 0 Å². The van der Waals surface area contributed by atoms with Crippen LogP contribution in [0.25, 0.3) is 0 Å². The van der Waals surface area contributed by atoms with Crippen LogP contribution in [0, 0.1) is 11.8 Å². The maximum absolute atomic E-state index is 3.80. The van der Waals surface area contributed by atoms with Crippen molar-refractivity contribution in [1.82, 2.24) is 0 Å². The average Bonchev–Trinajstić information content (AvgIpc) is 2.27. The Hall–Kier alpha value is -0.300. The van der Waals surface area contributed by atoms with E-state index in [1.54, 1.807) is 0 Å². The van der Waals surface area contributed by atoms with Gasteiger partial charge in [-0.25, -0.2) is 0 Å². The van der Waals surface area contributed by atoms with Gasteiger partial charge in [0, 0.05) is 4.83 Å². The highest BCUT2D eigenvalue weighted by atomic mass is 79.9. The minimum absolute atomic E-state index is 0.475. The third-order valence-corrected chi connectivity index (χ3v) is 4.58. The number of alkyl halides is 1. The van der Waals surface area contributed by atoms with Gasteiger partial charge in [0.2, 0.25) is 0 Å². The molecule has 0 aliphatic rings. The number of rotatable bonds is 4. The normalized spacial score (nSPS) is 15.3. The molecule has 1 rings (SSSR count). The number of hydrogen-bond donors (Lipinski definition) is 0. The van der Waals surface area contributed by atoms with Crippen molar-refractivity contribution in [3.05, 3.63) is 35.4 Å². The smallest absolute Gasteiger partial charge is 0.0423 e. The van der Waals surface area contributed by atoms with Crippen molar-refractivity contribution < 1.29 is 0 Å². The predicted molar refractivity (Wildman–Crippen MR) is 71.5 cm³/mol. The van der Waals surface area contributed by atoms with Crippen LogP contribution in [0.1, 0.15) is 43.6 Å². The van der Waals surface area contributed by atoms with Gasteiger partial charge in [-0.05, 0) is 29.4 Å². The van der Waals surface area contributed by atoms with Crippen LogP contribution in [0.3, 0.4) is 0 Å². The fourth-order valence-electron chi connectivity index (χ4n) is 1.58. The fraction of sp³-hybridized carbons (Fsp3) is 0.571. The molecule has 84 valence electrons. The first-order chi connectivity index (χ1) is 7.06. The van der Waals surface area contributed by atoms with E-state index in [9.17, 15) is 0 Å². The second-order valence-electron chi connectivity index (χ2n) is 4.60. The van der Waals surface area contributed by atoms with Crippen LogP contribution in [0.15, 0.2) is 24.3 Å². The molecule has 0 aliphatic carbocycles. The molecule has 0 aromatic heterocycles. The van der Waals surface area contributed by atoms with E-state index in [0.29, 0.717) is 16.7 Å². The molecular formula is C14H21Br. The molecule has 0 amide bonds. The van der Waals surface area contributed by atoms with Crippen molar-refractivity contribution in [1.29, 1.82) is 0 Å². The van der Waals surface area contributed by atoms with Gasteiger partial charge in [-0.2, -0.15) is 0 Å². The van der Waals surface area contributed by atoms with Gasteiger partial charge in [-0.15, -0.1) is 0 Å². The number of benzene rings is 1. The summed E-state index contributed by atoms with van der Waals surface area (Å²) in [6.45, 7) is 9.05. The first-order valence-corrected chi connectivity index (χ1v) is 6.70. The zero-order valence-electron chi connectivity index (χ0n) is 10.1. The second kappa shape index (κ2) is 5.69. The van der Waals surface area contributed by atoms with Crippen molar-refractivity contribution in [2.45, 2.75) is 38.9 Å². The van der Waals surface area contributed by atoms with Crippen molar-refractivity contribution >= 4 is 15.9 Å². The highest BCUT2D eigenvalue weighted by Gasteiger charge is 2.18. The van der Waals surface area contributed by atoms with E-state index in [-0.39, 0.29) is 0 Å². The molecule has 0 saturated carbocycles. The molecule has 0 spiro atoms. The number of aryl methyl sites for hydroxylation is 1. The molecule has 0 heterocycles. The van der Waals surface area contributed by atoms with Gasteiger partial charge in [0.1, 0.15) is 0 Å². The minimum atomic E-state index is 0.475. The van der Waals surface area contributed by atoms with Crippen molar-refractivity contribution in [2.24, 2.45) is 11.8 Å². The van der Waals surface area contributed by atoms with Crippen LogP contribution in [-0.2, 0) is 6.42 Å². The fourth-order valence-corrected chi connectivity index (χ4v) is 2.49. The summed E-state index contributed by atoms with van der Waals surface area (Å²) in [5, 5.41) is 0. The zero-order valence-corrected chi connectivity index (χ0v) is 11.7. The molecule has 15 heavy (non-hydrogen) atoms. The summed E-state index contributed by atoms with van der Waals surface area (Å²) in [5.74, 6) is 1.37. The average molecular weight is 269 g/mol. The maximum Gasteiger partial charge on any atom is 0.0423 e. The van der Waals surface area contributed by atoms with Gasteiger partial charge in [0.15, 0.2) is 0 Å². The molecule has 0 fully saturated rings. The van der Waals surface area contributed by atoms with Gasteiger partial charge in [-0.3, -0.25) is 0 Å². The van der Waals surface area contributed by atoms with Gasteiger partial charge in [0.25, 0.3) is 0 Å². The van der Waals surface area contributed by atoms with Gasteiger partial charge in [0.05, 0.1) is 0 Å². The number of hydrogen-bond acceptors (Lipinski definition) is 0. The predicted octanol–water partition coefficient (Wildman–Crippen LogP) is 4.98. The number of halogens is 1. The minimum Gasteiger partial charge on any atom is -0.0836 e. The lowest BCUT2D eigenvalue weighted by atomic mass is 9.90. The Morgan fingerprint density at radius 1 is 1.07 bits per heavy atom. The monoisotopic (exact) mass is 268 g/mol. The van der Waals surface area contributed by atoms with Crippen LogP contribution in [-0.4, -0.2) is 0 Å². The quantitative estimate of drug-likeness (QED) is 0.676. The molecule has 1 aromatic rings. The van der Waals surface area contributed by atoms with Crippen LogP contribution >= 0.6 is 15.9 Å². The lowest BCUT2D eigenvalue weighted by Gasteiger charge is -2.22. The van der Waals surface area contributed by atoms with E-state index in [0.717, 1.165) is 6.42 Å². The molecule has 2 atom stereocenters. The van der Waals surface area contributed by atoms with Crippen molar-refractivity contribution in [2.75, 3.05) is 0 Å². The molecule has 0 aliphatic heterocycles. The Labute approximate surface area is 102 Å². The third kappa shape index (κ3) is 3.34. The first kappa shape index (κ1) is 12.8. The summed E-state index contributed by atoms with van der Waals surface area (Å²) >= 11 is 3.80. The van der Waals surface area contributed by atoms with Gasteiger partial charge < -0.3 is 0 Å². The summed E-state index contributed by atoms with van der Waals surface area (Å²) < 4.78 is 0. The van der Waals surface area contributed by atoms with E-state index in [1.165, 1.54) is 11.1 Å². The highest BCUT2D eigenvalue weighted by Crippen LogP contribution is 2.35. The standard InChI is InChI=1S/C14H21Br/c1-5-12-6-8-13(9-7-12)14(15)11(4)10(2)3/h6-11,14H,5H2,1-4H3. The van der Waals surface area contributed by atoms with Crippen LogP contribution in [0.4, 0.5) is 0 Å². The van der Waals surface area contributed by atoms with E-state index < -0.39 is 0 Å². The Morgan fingerprint density at radius 2 is 1.60 bits per heavy atom. The summed E-state index contributed by atoms with van der Waals surface area (Å²) in [4.78, 5) is 0.475. The Balaban J connectivity index is 2.78. The Morgan fingerprint density at radius 3 is 2.00 bits per heavy atom. The highest BCUT2D eigenvalue weighted by molar-refractivity contribution is 9.09. The second-order valence-corrected chi connectivity index (χ2v) is 5.59. The summed E-state index contributed by atoms with van der Waals surface area (Å²) in [6.07, 6.45) is 1.12. The van der Waals surface area contributed by atoms with Gasteiger partial charge in [-0.1, -0.05) is 67.9 Å². The molecule has 0 N–H and O–H groups in total. The lowest BCUT2D eigenvalue weighted by molar-refractivity contribution is 0.414. The SMILES string of the molecule is CCc1ccc(C(Br)C(C)C(C)C)cc1. The van der Waals surface area contributed by atoms with Crippen LogP contribution in [0.5, 0.6) is 0 Å². The van der Waals surface area contributed by atoms with Crippen LogP contribution in [0.2, 0.25) is 0 Å². The maximum atomic E-state index is 3.80. The molecule has 2 unspecified atom stereocenters. The van der Waals surface area contributed by atoms with E-state index in [2.05, 4.69) is 67.9 Å². The molecular weight excluding hydrogens is 248 g/mol. The summed E-state index contributed by atoms with van der Waals surface area (Å²) in [7, 11) is 0. The molecule has 0 radical (unpaired) electrons. The zero-order chi connectivity index (χ0) is 11.4. The molecule has 0 saturated heterocycles.